The number of thioether (sulfide) groups is 1. The number of benzene rings is 1. The van der Waals surface area contributed by atoms with Crippen LogP contribution in [0.5, 0.6) is 5.75 Å². The molecular weight excluding hydrogens is 486 g/mol. The Labute approximate surface area is 195 Å². The van der Waals surface area contributed by atoms with Crippen molar-refractivity contribution in [2.24, 2.45) is 0 Å². The summed E-state index contributed by atoms with van der Waals surface area (Å²) >= 11 is 0.578. The Morgan fingerprint density at radius 1 is 1.03 bits per heavy atom. The molecule has 1 saturated heterocycles. The second-order valence-corrected chi connectivity index (χ2v) is 8.84. The lowest BCUT2D eigenvalue weighted by Crippen LogP contribution is -2.50. The van der Waals surface area contributed by atoms with E-state index in [0.717, 1.165) is 18.0 Å². The summed E-state index contributed by atoms with van der Waals surface area (Å²) in [4.78, 5) is 22.0. The summed E-state index contributed by atoms with van der Waals surface area (Å²) in [7, 11) is 0. The van der Waals surface area contributed by atoms with Crippen LogP contribution in [-0.2, 0) is 4.79 Å². The predicted octanol–water partition coefficient (Wildman–Crippen LogP) is 4.17. The van der Waals surface area contributed by atoms with Crippen molar-refractivity contribution in [3.05, 3.63) is 42.6 Å². The molecule has 0 amide bonds. The van der Waals surface area contributed by atoms with E-state index in [1.165, 1.54) is 11.0 Å². The fourth-order valence-corrected chi connectivity index (χ4v) is 5.21. The maximum atomic E-state index is 13.2. The standard InChI is InChI=1S/C21H20F6N4O2S/c22-20(23,24)18(32)19-31(15-5-4-14(13-16(15)34-19)33-21(25,26)27)12-9-29-7-10-30(11-8-29)17-3-1-2-6-28-17/h1-6,13,19H,7-12H2. The summed E-state index contributed by atoms with van der Waals surface area (Å²) in [6.45, 7) is 3.17. The predicted molar refractivity (Wildman–Crippen MR) is 114 cm³/mol. The van der Waals surface area contributed by atoms with Crippen LogP contribution in [0.4, 0.5) is 37.8 Å². The molecule has 1 fully saturated rings. The number of nitrogens with zero attached hydrogens (tertiary/aromatic N) is 4. The van der Waals surface area contributed by atoms with Gasteiger partial charge in [-0.05, 0) is 30.3 Å². The van der Waals surface area contributed by atoms with Gasteiger partial charge in [-0.15, -0.1) is 13.2 Å². The Morgan fingerprint density at radius 2 is 1.76 bits per heavy atom. The number of alkyl halides is 6. The third-order valence-electron chi connectivity index (χ3n) is 5.50. The third-order valence-corrected chi connectivity index (χ3v) is 6.78. The molecule has 0 saturated carbocycles. The van der Waals surface area contributed by atoms with Gasteiger partial charge in [0.1, 0.15) is 16.9 Å². The van der Waals surface area contributed by atoms with Crippen molar-refractivity contribution in [1.29, 1.82) is 0 Å². The molecule has 1 aromatic heterocycles. The lowest BCUT2D eigenvalue weighted by atomic mass is 10.2. The topological polar surface area (TPSA) is 48.9 Å². The summed E-state index contributed by atoms with van der Waals surface area (Å²) in [5.41, 5.74) is 0.272. The van der Waals surface area contributed by atoms with Crippen molar-refractivity contribution in [1.82, 2.24) is 9.88 Å². The number of carbonyl (C=O) groups excluding carboxylic acids is 1. The maximum absolute atomic E-state index is 13.2. The molecule has 0 bridgehead atoms. The first-order valence-electron chi connectivity index (χ1n) is 10.3. The molecule has 0 radical (unpaired) electrons. The Hall–Kier alpha value is -2.67. The molecule has 1 aromatic carbocycles. The van der Waals surface area contributed by atoms with Crippen molar-refractivity contribution >= 4 is 29.1 Å². The normalized spacial score (nSPS) is 19.3. The molecule has 1 unspecified atom stereocenters. The van der Waals surface area contributed by atoms with E-state index in [-0.39, 0.29) is 17.1 Å². The number of hydrogen-bond donors (Lipinski definition) is 0. The van der Waals surface area contributed by atoms with E-state index < -0.39 is 29.4 Å². The quantitative estimate of drug-likeness (QED) is 0.545. The molecule has 2 aliphatic rings. The van der Waals surface area contributed by atoms with Crippen molar-refractivity contribution in [3.63, 3.8) is 0 Å². The lowest BCUT2D eigenvalue weighted by Gasteiger charge is -2.36. The van der Waals surface area contributed by atoms with Gasteiger partial charge in [-0.2, -0.15) is 13.2 Å². The van der Waals surface area contributed by atoms with Crippen LogP contribution in [0.25, 0.3) is 0 Å². The van der Waals surface area contributed by atoms with E-state index in [0.29, 0.717) is 44.5 Å². The van der Waals surface area contributed by atoms with E-state index in [4.69, 9.17) is 0 Å². The fraction of sp³-hybridized carbons (Fsp3) is 0.429. The summed E-state index contributed by atoms with van der Waals surface area (Å²) in [5.74, 6) is -1.66. The minimum absolute atomic E-state index is 0.107. The molecule has 6 nitrogen and oxygen atoms in total. The zero-order valence-electron chi connectivity index (χ0n) is 17.6. The minimum atomic E-state index is -5.07. The van der Waals surface area contributed by atoms with Gasteiger partial charge in [0.15, 0.2) is 0 Å². The van der Waals surface area contributed by atoms with Gasteiger partial charge in [0.05, 0.1) is 5.69 Å². The highest BCUT2D eigenvalue weighted by molar-refractivity contribution is 8.01. The smallest absolute Gasteiger partial charge is 0.406 e. The number of ketones is 1. The molecule has 0 N–H and O–H groups in total. The SMILES string of the molecule is O=C(C1Sc2cc(OC(F)(F)F)ccc2N1CCN1CCN(c2ccccn2)CC1)C(F)(F)F. The van der Waals surface area contributed by atoms with Crippen molar-refractivity contribution in [2.45, 2.75) is 22.8 Å². The van der Waals surface area contributed by atoms with E-state index in [1.54, 1.807) is 6.20 Å². The first-order valence-corrected chi connectivity index (χ1v) is 11.2. The van der Waals surface area contributed by atoms with Crippen molar-refractivity contribution < 1.29 is 35.9 Å². The van der Waals surface area contributed by atoms with Gasteiger partial charge in [0, 0.05) is 50.4 Å². The molecule has 4 rings (SSSR count). The molecular formula is C21H20F6N4O2S. The molecule has 2 aliphatic heterocycles. The number of anilines is 2. The van der Waals surface area contributed by atoms with Crippen LogP contribution in [0.1, 0.15) is 0 Å². The highest BCUT2D eigenvalue weighted by atomic mass is 32.2. The zero-order chi connectivity index (χ0) is 24.5. The molecule has 0 spiro atoms. The monoisotopic (exact) mass is 506 g/mol. The lowest BCUT2D eigenvalue weighted by molar-refractivity contribution is -0.274. The summed E-state index contributed by atoms with van der Waals surface area (Å²) in [5, 5.41) is -1.61. The van der Waals surface area contributed by atoms with Crippen LogP contribution < -0.4 is 14.5 Å². The van der Waals surface area contributed by atoms with Crippen molar-refractivity contribution in [3.8, 4) is 5.75 Å². The van der Waals surface area contributed by atoms with Gasteiger partial charge >= 0.3 is 12.5 Å². The van der Waals surface area contributed by atoms with Gasteiger partial charge in [0.2, 0.25) is 0 Å². The number of rotatable bonds is 6. The number of pyridine rings is 1. The van der Waals surface area contributed by atoms with Crippen LogP contribution in [0.2, 0.25) is 0 Å². The molecule has 1 atom stereocenters. The number of Topliss-reactive ketones (excluding diaryl/α,β-unsaturated/α-hetero) is 1. The molecule has 34 heavy (non-hydrogen) atoms. The highest BCUT2D eigenvalue weighted by Gasteiger charge is 2.49. The Balaban J connectivity index is 1.45. The van der Waals surface area contributed by atoms with Crippen LogP contribution in [-0.4, -0.2) is 72.8 Å². The van der Waals surface area contributed by atoms with E-state index in [2.05, 4.69) is 19.5 Å². The third kappa shape index (κ3) is 5.69. The van der Waals surface area contributed by atoms with Crippen LogP contribution in [0, 0.1) is 0 Å². The number of halogens is 6. The van der Waals surface area contributed by atoms with Gasteiger partial charge in [-0.3, -0.25) is 9.69 Å². The maximum Gasteiger partial charge on any atom is 0.573 e. The van der Waals surface area contributed by atoms with Crippen molar-refractivity contribution in [2.75, 3.05) is 49.1 Å². The summed E-state index contributed by atoms with van der Waals surface area (Å²) in [6, 6.07) is 8.91. The molecule has 13 heteroatoms. The van der Waals surface area contributed by atoms with Gasteiger partial charge < -0.3 is 14.5 Å². The average Bonchev–Trinajstić information content (AvgIpc) is 3.13. The zero-order valence-corrected chi connectivity index (χ0v) is 18.5. The molecule has 3 heterocycles. The first-order chi connectivity index (χ1) is 16.0. The van der Waals surface area contributed by atoms with Crippen LogP contribution in [0.3, 0.4) is 0 Å². The number of carbonyl (C=O) groups is 1. The molecule has 2 aromatic rings. The van der Waals surface area contributed by atoms with Gasteiger partial charge in [-0.1, -0.05) is 17.8 Å². The number of hydrogen-bond acceptors (Lipinski definition) is 7. The number of ether oxygens (including phenoxy) is 1. The second kappa shape index (κ2) is 9.53. The highest BCUT2D eigenvalue weighted by Crippen LogP contribution is 2.47. The Morgan fingerprint density at radius 3 is 2.38 bits per heavy atom. The van der Waals surface area contributed by atoms with Crippen LogP contribution >= 0.6 is 11.8 Å². The largest absolute Gasteiger partial charge is 0.573 e. The summed E-state index contributed by atoms with van der Waals surface area (Å²) in [6.07, 6.45) is -8.31. The fourth-order valence-electron chi connectivity index (χ4n) is 3.90. The van der Waals surface area contributed by atoms with E-state index >= 15 is 0 Å². The Bertz CT molecular complexity index is 1010. The van der Waals surface area contributed by atoms with Gasteiger partial charge in [-0.25, -0.2) is 4.98 Å². The second-order valence-electron chi connectivity index (χ2n) is 7.72. The summed E-state index contributed by atoms with van der Waals surface area (Å²) < 4.78 is 81.1. The Kier molecular flexibility index (Phi) is 6.85. The van der Waals surface area contributed by atoms with E-state index in [1.807, 2.05) is 18.2 Å². The average molecular weight is 506 g/mol. The minimum Gasteiger partial charge on any atom is -0.406 e. The molecule has 0 aliphatic carbocycles. The van der Waals surface area contributed by atoms with Crippen LogP contribution in [0.15, 0.2) is 47.5 Å². The number of aromatic nitrogens is 1. The first kappa shape index (κ1) is 24.5. The number of fused-ring (bicyclic) bond motifs is 1. The molecule has 184 valence electrons. The van der Waals surface area contributed by atoms with E-state index in [9.17, 15) is 31.1 Å². The number of piperazine rings is 1. The van der Waals surface area contributed by atoms with Gasteiger partial charge in [0.25, 0.3) is 5.78 Å².